The van der Waals surface area contributed by atoms with E-state index < -0.39 is 17.8 Å². The average molecular weight is 414 g/mol. The zero-order chi connectivity index (χ0) is 21.4. The molecule has 0 fully saturated rings. The van der Waals surface area contributed by atoms with Crippen LogP contribution < -0.4 is 15.8 Å². The molecule has 0 radical (unpaired) electrons. The molecule has 0 aliphatic carbocycles. The molecule has 2 aromatic heterocycles. The molecule has 158 valence electrons. The first kappa shape index (κ1) is 22.1. The Morgan fingerprint density at radius 1 is 1.24 bits per heavy atom. The van der Waals surface area contributed by atoms with E-state index in [1.54, 1.807) is 0 Å². The summed E-state index contributed by atoms with van der Waals surface area (Å²) in [5.41, 5.74) is 4.47. The Bertz CT molecular complexity index is 853. The van der Waals surface area contributed by atoms with Crippen molar-refractivity contribution in [1.29, 1.82) is 0 Å². The lowest BCUT2D eigenvalue weighted by Crippen LogP contribution is -2.25. The van der Waals surface area contributed by atoms with E-state index in [0.717, 1.165) is 10.7 Å². The summed E-state index contributed by atoms with van der Waals surface area (Å²) < 4.78 is 44.4. The molecule has 2 aromatic rings. The highest BCUT2D eigenvalue weighted by molar-refractivity contribution is 5.76. The number of aromatic nitrogens is 4. The second kappa shape index (κ2) is 9.85. The van der Waals surface area contributed by atoms with Crippen LogP contribution in [0.15, 0.2) is 18.5 Å². The highest BCUT2D eigenvalue weighted by Crippen LogP contribution is 2.31. The first-order chi connectivity index (χ1) is 13.6. The third-order valence-electron chi connectivity index (χ3n) is 3.76. The molecule has 0 saturated heterocycles. The largest absolute Gasteiger partial charge is 0.435 e. The Morgan fingerprint density at radius 2 is 2.00 bits per heavy atom. The Labute approximate surface area is 164 Å². The summed E-state index contributed by atoms with van der Waals surface area (Å²) in [7, 11) is 1.32. The Kier molecular flexibility index (Phi) is 7.51. The zero-order valence-electron chi connectivity index (χ0n) is 15.7. The van der Waals surface area contributed by atoms with Crippen LogP contribution in [-0.4, -0.2) is 38.1 Å². The zero-order valence-corrected chi connectivity index (χ0v) is 15.7. The number of nitrogens with two attached hydrogens (primary N) is 1. The number of ether oxygens (including phenoxy) is 1. The normalized spacial score (nSPS) is 11.3. The summed E-state index contributed by atoms with van der Waals surface area (Å²) >= 11 is 0. The minimum Gasteiger partial charge on any atom is -0.419 e. The van der Waals surface area contributed by atoms with Crippen LogP contribution in [0.2, 0.25) is 0 Å². The molecule has 2 heterocycles. The fourth-order valence-corrected chi connectivity index (χ4v) is 2.36. The Morgan fingerprint density at radius 3 is 2.66 bits per heavy atom. The lowest BCUT2D eigenvalue weighted by atomic mass is 10.2. The highest BCUT2D eigenvalue weighted by Gasteiger charge is 2.35. The van der Waals surface area contributed by atoms with Crippen molar-refractivity contribution < 1.29 is 27.5 Å². The van der Waals surface area contributed by atoms with Crippen LogP contribution >= 0.6 is 0 Å². The molecule has 0 aromatic carbocycles. The van der Waals surface area contributed by atoms with Crippen molar-refractivity contribution >= 4 is 11.8 Å². The lowest BCUT2D eigenvalue weighted by Gasteiger charge is -2.06. The van der Waals surface area contributed by atoms with E-state index in [-0.39, 0.29) is 30.5 Å². The Balaban J connectivity index is 1.83. The maximum atomic E-state index is 12.7. The number of hydrogen-bond donors (Lipinski definition) is 2. The number of halogens is 3. The van der Waals surface area contributed by atoms with Crippen LogP contribution in [0.3, 0.4) is 0 Å². The van der Waals surface area contributed by atoms with Gasteiger partial charge in [0.05, 0.1) is 11.9 Å². The molecule has 0 unspecified atom stereocenters. The number of nitrogens with one attached hydrogen (secondary N) is 1. The van der Waals surface area contributed by atoms with Crippen molar-refractivity contribution in [2.24, 2.45) is 12.8 Å². The minimum atomic E-state index is -4.58. The van der Waals surface area contributed by atoms with E-state index >= 15 is 0 Å². The maximum absolute atomic E-state index is 12.7. The SMILES string of the molecule is Cn1nc(C(F)(F)F)cc1Oc1cncc(CCCC(=O)NCCCC(N)=O)n1. The number of hydrogen-bond acceptors (Lipinski definition) is 6. The van der Waals surface area contributed by atoms with Gasteiger partial charge in [0.2, 0.25) is 23.6 Å². The monoisotopic (exact) mass is 414 g/mol. The van der Waals surface area contributed by atoms with Gasteiger partial charge in [-0.2, -0.15) is 18.3 Å². The van der Waals surface area contributed by atoms with Gasteiger partial charge in [-0.1, -0.05) is 0 Å². The fraction of sp³-hybridized carbons (Fsp3) is 0.471. The van der Waals surface area contributed by atoms with Crippen molar-refractivity contribution in [2.45, 2.75) is 38.3 Å². The molecule has 29 heavy (non-hydrogen) atoms. The number of nitrogens with zero attached hydrogens (tertiary/aromatic N) is 4. The molecular formula is C17H21F3N6O3. The lowest BCUT2D eigenvalue weighted by molar-refractivity contribution is -0.141. The third kappa shape index (κ3) is 7.39. The molecular weight excluding hydrogens is 393 g/mol. The molecule has 9 nitrogen and oxygen atoms in total. The maximum Gasteiger partial charge on any atom is 0.435 e. The second-order valence-corrected chi connectivity index (χ2v) is 6.21. The molecule has 0 saturated carbocycles. The van der Waals surface area contributed by atoms with Crippen LogP contribution in [0.1, 0.15) is 37.1 Å². The van der Waals surface area contributed by atoms with Gasteiger partial charge in [0.15, 0.2) is 5.69 Å². The predicted octanol–water partition coefficient (Wildman–Crippen LogP) is 1.73. The average Bonchev–Trinajstić information content (AvgIpc) is 3.00. The van der Waals surface area contributed by atoms with Crippen LogP contribution in [0.25, 0.3) is 0 Å². The van der Waals surface area contributed by atoms with E-state index in [2.05, 4.69) is 20.4 Å². The summed E-state index contributed by atoms with van der Waals surface area (Å²) in [6, 6.07) is 0.775. The molecule has 0 aliphatic rings. The van der Waals surface area contributed by atoms with Gasteiger partial charge in [-0.15, -0.1) is 0 Å². The first-order valence-electron chi connectivity index (χ1n) is 8.80. The third-order valence-corrected chi connectivity index (χ3v) is 3.76. The van der Waals surface area contributed by atoms with Gasteiger partial charge in [-0.3, -0.25) is 14.6 Å². The summed E-state index contributed by atoms with van der Waals surface area (Å²) in [5.74, 6) is -0.681. The van der Waals surface area contributed by atoms with Crippen molar-refractivity contribution in [1.82, 2.24) is 25.1 Å². The Hall–Kier alpha value is -3.18. The van der Waals surface area contributed by atoms with Gasteiger partial charge in [0.1, 0.15) is 0 Å². The molecule has 2 rings (SSSR count). The van der Waals surface area contributed by atoms with Crippen LogP contribution in [0, 0.1) is 0 Å². The van der Waals surface area contributed by atoms with Crippen molar-refractivity contribution in [3.8, 4) is 11.8 Å². The standard InChI is InChI=1S/C17H21F3N6O3/c1-26-16(8-12(25-26)17(18,19)20)29-15-10-22-9-11(24-15)4-2-6-14(28)23-7-3-5-13(21)27/h8-10H,2-7H2,1H3,(H2,21,27)(H,23,28). The van der Waals surface area contributed by atoms with Crippen molar-refractivity contribution in [2.75, 3.05) is 6.54 Å². The van der Waals surface area contributed by atoms with Gasteiger partial charge in [0, 0.05) is 38.7 Å². The van der Waals surface area contributed by atoms with Gasteiger partial charge < -0.3 is 15.8 Å². The quantitative estimate of drug-likeness (QED) is 0.571. The van der Waals surface area contributed by atoms with E-state index in [1.165, 1.54) is 19.4 Å². The topological polar surface area (TPSA) is 125 Å². The first-order valence-corrected chi connectivity index (χ1v) is 8.80. The molecule has 0 aliphatic heterocycles. The van der Waals surface area contributed by atoms with Crippen LogP contribution in [0.4, 0.5) is 13.2 Å². The van der Waals surface area contributed by atoms with Crippen molar-refractivity contribution in [3.05, 3.63) is 29.8 Å². The van der Waals surface area contributed by atoms with E-state index in [4.69, 9.17) is 10.5 Å². The van der Waals surface area contributed by atoms with Gasteiger partial charge in [-0.05, 0) is 19.3 Å². The number of carbonyl (C=O) groups is 2. The predicted molar refractivity (Wildman–Crippen MR) is 94.7 cm³/mol. The number of carbonyl (C=O) groups excluding carboxylic acids is 2. The van der Waals surface area contributed by atoms with Gasteiger partial charge >= 0.3 is 6.18 Å². The van der Waals surface area contributed by atoms with Gasteiger partial charge in [0.25, 0.3) is 0 Å². The molecule has 2 amide bonds. The highest BCUT2D eigenvalue weighted by atomic mass is 19.4. The van der Waals surface area contributed by atoms with Crippen LogP contribution in [-0.2, 0) is 29.2 Å². The summed E-state index contributed by atoms with van der Waals surface area (Å²) in [6.07, 6.45) is 0.0478. The number of amides is 2. The molecule has 3 N–H and O–H groups in total. The van der Waals surface area contributed by atoms with E-state index in [1.807, 2.05) is 0 Å². The summed E-state index contributed by atoms with van der Waals surface area (Å²) in [5, 5.41) is 6.04. The number of rotatable bonds is 10. The van der Waals surface area contributed by atoms with Gasteiger partial charge in [-0.25, -0.2) is 9.67 Å². The van der Waals surface area contributed by atoms with Crippen LogP contribution in [0.5, 0.6) is 11.8 Å². The fourth-order valence-electron chi connectivity index (χ4n) is 2.36. The number of primary amides is 1. The molecule has 0 spiro atoms. The number of aryl methyl sites for hydroxylation is 2. The minimum absolute atomic E-state index is 0.0233. The summed E-state index contributed by atoms with van der Waals surface area (Å²) in [4.78, 5) is 30.5. The summed E-state index contributed by atoms with van der Waals surface area (Å²) in [6.45, 7) is 0.371. The van der Waals surface area contributed by atoms with E-state index in [9.17, 15) is 22.8 Å². The second-order valence-electron chi connectivity index (χ2n) is 6.21. The van der Waals surface area contributed by atoms with E-state index in [0.29, 0.717) is 31.5 Å². The number of alkyl halides is 3. The molecule has 0 bridgehead atoms. The molecule has 12 heteroatoms. The van der Waals surface area contributed by atoms with Crippen molar-refractivity contribution in [3.63, 3.8) is 0 Å². The molecule has 0 atom stereocenters. The smallest absolute Gasteiger partial charge is 0.419 e.